The maximum Gasteiger partial charge on any atom is 0.226 e. The van der Waals surface area contributed by atoms with Crippen LogP contribution in [-0.4, -0.2) is 66.7 Å². The van der Waals surface area contributed by atoms with Crippen molar-refractivity contribution in [3.63, 3.8) is 0 Å². The van der Waals surface area contributed by atoms with Crippen molar-refractivity contribution in [2.45, 2.75) is 6.42 Å². The van der Waals surface area contributed by atoms with E-state index in [-0.39, 0.29) is 43.1 Å². The molecule has 0 unspecified atom stereocenters. The summed E-state index contributed by atoms with van der Waals surface area (Å²) >= 11 is 5.94. The third-order valence-corrected chi connectivity index (χ3v) is 5.75. The van der Waals surface area contributed by atoms with E-state index in [4.69, 9.17) is 11.6 Å². The van der Waals surface area contributed by atoms with Crippen LogP contribution in [0.5, 0.6) is 0 Å². The molecule has 0 radical (unpaired) electrons. The summed E-state index contributed by atoms with van der Waals surface area (Å²) in [5.41, 5.74) is 0.645. The Balaban J connectivity index is 1.67. The van der Waals surface area contributed by atoms with E-state index in [1.165, 1.54) is 10.4 Å². The molecule has 1 saturated heterocycles. The molecule has 3 heterocycles. The molecule has 3 rings (SSSR count). The molecule has 2 aromatic rings. The highest BCUT2D eigenvalue weighted by atomic mass is 35.5. The normalized spacial score (nSPS) is 15.6. The largest absolute Gasteiger partial charge is 0.367 e. The fraction of sp³-hybridized carbons (Fsp3) is 0.438. The minimum atomic E-state index is -3.29. The summed E-state index contributed by atoms with van der Waals surface area (Å²) in [6.45, 7) is 1.36. The van der Waals surface area contributed by atoms with Crippen LogP contribution < -0.4 is 10.2 Å². The van der Waals surface area contributed by atoms with Gasteiger partial charge in [0.25, 0.3) is 0 Å². The first kappa shape index (κ1) is 20.6. The Morgan fingerprint density at radius 2 is 1.89 bits per heavy atom. The highest BCUT2D eigenvalue weighted by Gasteiger charge is 2.27. The van der Waals surface area contributed by atoms with Gasteiger partial charge in [-0.05, 0) is 23.7 Å². The summed E-state index contributed by atoms with van der Waals surface area (Å²) in [7, 11) is -3.29. The van der Waals surface area contributed by atoms with Gasteiger partial charge in [0.05, 0.1) is 12.5 Å². The molecular formula is C16H19ClF2N6O2S. The summed E-state index contributed by atoms with van der Waals surface area (Å²) in [5, 5.41) is 2.73. The first-order valence-electron chi connectivity index (χ1n) is 8.51. The van der Waals surface area contributed by atoms with Crippen LogP contribution in [0.25, 0.3) is 0 Å². The Morgan fingerprint density at radius 3 is 2.50 bits per heavy atom. The first-order valence-corrected chi connectivity index (χ1v) is 10.7. The maximum atomic E-state index is 14.9. The number of nitrogens with zero attached hydrogens (tertiary/aromatic N) is 5. The third-order valence-electron chi connectivity index (χ3n) is 4.28. The molecule has 0 amide bonds. The van der Waals surface area contributed by atoms with Gasteiger partial charge in [0.15, 0.2) is 11.6 Å². The van der Waals surface area contributed by atoms with Gasteiger partial charge in [0.1, 0.15) is 5.82 Å². The fourth-order valence-electron chi connectivity index (χ4n) is 2.83. The van der Waals surface area contributed by atoms with Crippen LogP contribution in [0.2, 0.25) is 5.28 Å². The predicted molar refractivity (Wildman–Crippen MR) is 102 cm³/mol. The second-order valence-corrected chi connectivity index (χ2v) is 8.59. The number of hydrogen-bond donors (Lipinski definition) is 1. The summed E-state index contributed by atoms with van der Waals surface area (Å²) in [4.78, 5) is 13.4. The van der Waals surface area contributed by atoms with Crippen molar-refractivity contribution >= 4 is 33.3 Å². The van der Waals surface area contributed by atoms with Crippen molar-refractivity contribution in [1.29, 1.82) is 0 Å². The summed E-state index contributed by atoms with van der Waals surface area (Å²) in [6.07, 6.45) is 2.69. The summed E-state index contributed by atoms with van der Waals surface area (Å²) in [5.74, 6) is -1.12. The average Bonchev–Trinajstić information content (AvgIpc) is 2.65. The number of anilines is 2. The van der Waals surface area contributed by atoms with Crippen molar-refractivity contribution in [1.82, 2.24) is 19.3 Å². The lowest BCUT2D eigenvalue weighted by molar-refractivity contribution is 0.384. The number of hydrogen-bond acceptors (Lipinski definition) is 7. The van der Waals surface area contributed by atoms with Gasteiger partial charge in [-0.25, -0.2) is 12.8 Å². The Bertz CT molecular complexity index is 937. The molecule has 0 atom stereocenters. The Morgan fingerprint density at radius 1 is 1.18 bits per heavy atom. The molecule has 152 valence electrons. The molecule has 0 saturated carbocycles. The zero-order valence-corrected chi connectivity index (χ0v) is 16.6. The number of nitrogens with one attached hydrogen (secondary N) is 1. The first-order chi connectivity index (χ1) is 13.2. The third kappa shape index (κ3) is 5.03. The van der Waals surface area contributed by atoms with Gasteiger partial charge < -0.3 is 10.2 Å². The van der Waals surface area contributed by atoms with E-state index in [1.807, 2.05) is 0 Å². The average molecular weight is 433 g/mol. The predicted octanol–water partition coefficient (Wildman–Crippen LogP) is 1.54. The molecule has 0 spiro atoms. The second-order valence-electron chi connectivity index (χ2n) is 6.27. The Kier molecular flexibility index (Phi) is 6.26. The van der Waals surface area contributed by atoms with Crippen molar-refractivity contribution < 1.29 is 17.2 Å². The number of pyridine rings is 1. The van der Waals surface area contributed by atoms with Gasteiger partial charge in [-0.1, -0.05) is 0 Å². The van der Waals surface area contributed by atoms with Crippen LogP contribution in [0, 0.1) is 11.6 Å². The zero-order valence-electron chi connectivity index (χ0n) is 15.1. The molecule has 2 aromatic heterocycles. The monoisotopic (exact) mass is 432 g/mol. The van der Waals surface area contributed by atoms with Gasteiger partial charge in [-0.3, -0.25) is 4.98 Å². The summed E-state index contributed by atoms with van der Waals surface area (Å²) in [6, 6.07) is 2.85. The Hall–Kier alpha value is -2.11. The van der Waals surface area contributed by atoms with Gasteiger partial charge in [0, 0.05) is 44.8 Å². The minimum Gasteiger partial charge on any atom is -0.367 e. The van der Waals surface area contributed by atoms with Crippen LogP contribution in [-0.2, 0) is 16.4 Å². The van der Waals surface area contributed by atoms with E-state index in [1.54, 1.807) is 11.0 Å². The van der Waals surface area contributed by atoms with E-state index >= 15 is 0 Å². The summed E-state index contributed by atoms with van der Waals surface area (Å²) < 4.78 is 52.3. The highest BCUT2D eigenvalue weighted by molar-refractivity contribution is 7.88. The molecule has 8 nitrogen and oxygen atoms in total. The lowest BCUT2D eigenvalue weighted by atomic mass is 10.2. The molecular weight excluding hydrogens is 414 g/mol. The Labute approximate surface area is 166 Å². The van der Waals surface area contributed by atoms with Crippen LogP contribution in [0.15, 0.2) is 18.3 Å². The van der Waals surface area contributed by atoms with Gasteiger partial charge in [-0.2, -0.15) is 18.7 Å². The number of aromatic nitrogens is 3. The molecule has 28 heavy (non-hydrogen) atoms. The lowest BCUT2D eigenvalue weighted by Crippen LogP contribution is -2.49. The molecule has 0 bridgehead atoms. The smallest absolute Gasteiger partial charge is 0.226 e. The molecule has 1 N–H and O–H groups in total. The van der Waals surface area contributed by atoms with E-state index in [0.717, 1.165) is 12.5 Å². The highest BCUT2D eigenvalue weighted by Crippen LogP contribution is 2.25. The number of halogens is 3. The molecule has 0 aliphatic carbocycles. The second kappa shape index (κ2) is 8.50. The lowest BCUT2D eigenvalue weighted by Gasteiger charge is -2.34. The van der Waals surface area contributed by atoms with Gasteiger partial charge >= 0.3 is 0 Å². The molecule has 1 aliphatic rings. The molecule has 1 aliphatic heterocycles. The zero-order chi connectivity index (χ0) is 20.3. The number of rotatable bonds is 6. The molecule has 0 aromatic carbocycles. The van der Waals surface area contributed by atoms with Crippen LogP contribution in [0.4, 0.5) is 20.4 Å². The maximum absolute atomic E-state index is 14.9. The van der Waals surface area contributed by atoms with Crippen LogP contribution in [0.3, 0.4) is 0 Å². The van der Waals surface area contributed by atoms with Crippen molar-refractivity contribution in [2.24, 2.45) is 0 Å². The van der Waals surface area contributed by atoms with Gasteiger partial charge in [-0.15, -0.1) is 0 Å². The minimum absolute atomic E-state index is 0.0237. The van der Waals surface area contributed by atoms with E-state index in [2.05, 4.69) is 20.3 Å². The van der Waals surface area contributed by atoms with E-state index < -0.39 is 21.7 Å². The van der Waals surface area contributed by atoms with Crippen molar-refractivity contribution in [2.75, 3.05) is 49.2 Å². The topological polar surface area (TPSA) is 91.3 Å². The number of piperazine rings is 1. The van der Waals surface area contributed by atoms with Crippen LogP contribution >= 0.6 is 11.6 Å². The van der Waals surface area contributed by atoms with Crippen molar-refractivity contribution in [3.8, 4) is 0 Å². The molecule has 12 heteroatoms. The van der Waals surface area contributed by atoms with E-state index in [0.29, 0.717) is 18.7 Å². The quantitative estimate of drug-likeness (QED) is 0.692. The number of sulfonamides is 1. The fourth-order valence-corrected chi connectivity index (χ4v) is 3.82. The van der Waals surface area contributed by atoms with Gasteiger partial charge in [0.2, 0.25) is 21.1 Å². The molecule has 1 fully saturated rings. The van der Waals surface area contributed by atoms with Crippen LogP contribution in [0.1, 0.15) is 5.69 Å². The van der Waals surface area contributed by atoms with Crippen molar-refractivity contribution in [3.05, 3.63) is 40.9 Å². The standard InChI is InChI=1S/C16H19ClF2N6O2S/c1-28(26,27)25-8-6-24(7-9-25)15-13(19)14(22-16(17)23-15)20-5-4-12-3-2-11(18)10-21-12/h2-3,10H,4-9H2,1H3,(H,20,22,23). The van der Waals surface area contributed by atoms with E-state index in [9.17, 15) is 17.2 Å². The SMILES string of the molecule is CS(=O)(=O)N1CCN(c2nc(Cl)nc(NCCc3ccc(F)cn3)c2F)CC1.